The monoisotopic (exact) mass is 300 g/mol. The smallest absolute Gasteiger partial charge is 0.255 e. The Kier molecular flexibility index (Phi) is 4.71. The Balaban J connectivity index is 1.98. The van der Waals surface area contributed by atoms with E-state index in [4.69, 9.17) is 0 Å². The molecule has 0 spiro atoms. The van der Waals surface area contributed by atoms with Crippen molar-refractivity contribution in [2.45, 2.75) is 6.43 Å². The molecule has 1 amide bonds. The van der Waals surface area contributed by atoms with Crippen LogP contribution in [0.15, 0.2) is 17.4 Å². The van der Waals surface area contributed by atoms with E-state index in [1.807, 2.05) is 0 Å². The van der Waals surface area contributed by atoms with Crippen molar-refractivity contribution in [1.82, 2.24) is 20.0 Å². The second kappa shape index (κ2) is 6.51. The van der Waals surface area contributed by atoms with Gasteiger partial charge in [-0.15, -0.1) is 0 Å². The minimum Gasteiger partial charge on any atom is -0.350 e. The van der Waals surface area contributed by atoms with E-state index in [9.17, 15) is 13.6 Å². The van der Waals surface area contributed by atoms with Crippen molar-refractivity contribution in [2.75, 3.05) is 38.1 Å². The second-order valence-electron chi connectivity index (χ2n) is 4.66. The average Bonchev–Trinajstić information content (AvgIpc) is 2.85. The summed E-state index contributed by atoms with van der Waals surface area (Å²) in [5.41, 5.74) is 0.734. The molecule has 2 rings (SSSR count). The number of hydrogen-bond donors (Lipinski definition) is 1. The van der Waals surface area contributed by atoms with Gasteiger partial charge in [-0.25, -0.2) is 8.78 Å². The minimum absolute atomic E-state index is 0.0950. The summed E-state index contributed by atoms with van der Waals surface area (Å²) in [4.78, 5) is 19.4. The first kappa shape index (κ1) is 15.2. The highest BCUT2D eigenvalue weighted by molar-refractivity contribution is 5.98. The Labute approximate surface area is 121 Å². The van der Waals surface area contributed by atoms with Gasteiger partial charge in [0.2, 0.25) is 5.91 Å². The second-order valence-corrected chi connectivity index (χ2v) is 4.66. The Morgan fingerprint density at radius 2 is 2.29 bits per heavy atom. The van der Waals surface area contributed by atoms with Crippen molar-refractivity contribution in [3.8, 4) is 0 Å². The third-order valence-corrected chi connectivity index (χ3v) is 3.15. The lowest BCUT2D eigenvalue weighted by Crippen LogP contribution is -2.55. The Bertz CT molecular complexity index is 530. The highest BCUT2D eigenvalue weighted by atomic mass is 19.3. The van der Waals surface area contributed by atoms with E-state index in [-0.39, 0.29) is 12.5 Å². The molecule has 1 aliphatic heterocycles. The van der Waals surface area contributed by atoms with Crippen LogP contribution < -0.4 is 10.2 Å². The maximum Gasteiger partial charge on any atom is 0.255 e. The van der Waals surface area contributed by atoms with Gasteiger partial charge in [0, 0.05) is 33.4 Å². The summed E-state index contributed by atoms with van der Waals surface area (Å²) in [6.07, 6.45) is 0.920. The van der Waals surface area contributed by atoms with Gasteiger partial charge in [-0.1, -0.05) is 0 Å². The van der Waals surface area contributed by atoms with Crippen LogP contribution in [0, 0.1) is 0 Å². The zero-order valence-corrected chi connectivity index (χ0v) is 12.0. The lowest BCUT2D eigenvalue weighted by molar-refractivity contribution is -0.120. The molecule has 2 heterocycles. The molecule has 0 bridgehead atoms. The van der Waals surface area contributed by atoms with Gasteiger partial charge in [0.05, 0.1) is 18.4 Å². The number of aliphatic imine (C=N–C) groups is 1. The Morgan fingerprint density at radius 3 is 2.81 bits per heavy atom. The maximum absolute atomic E-state index is 12.2. The molecule has 0 aromatic carbocycles. The van der Waals surface area contributed by atoms with Crippen molar-refractivity contribution in [3.05, 3.63) is 12.4 Å². The molecule has 0 unspecified atom stereocenters. The number of halogens is 2. The van der Waals surface area contributed by atoms with Crippen LogP contribution in [0.2, 0.25) is 0 Å². The molecule has 7 nitrogen and oxygen atoms in total. The largest absolute Gasteiger partial charge is 0.350 e. The SMILES string of the molecule is CN=C(NCC(F)F)N1CCN(c2cnn(C)c2)C(=O)C1. The third-order valence-electron chi connectivity index (χ3n) is 3.15. The number of aromatic nitrogens is 2. The first-order valence-corrected chi connectivity index (χ1v) is 6.54. The fourth-order valence-corrected chi connectivity index (χ4v) is 2.18. The average molecular weight is 300 g/mol. The molecule has 0 atom stereocenters. The molecule has 1 aliphatic rings. The topological polar surface area (TPSA) is 65.8 Å². The minimum atomic E-state index is -2.46. The fourth-order valence-electron chi connectivity index (χ4n) is 2.18. The number of hydrogen-bond acceptors (Lipinski definition) is 3. The maximum atomic E-state index is 12.2. The predicted molar refractivity (Wildman–Crippen MR) is 74.5 cm³/mol. The van der Waals surface area contributed by atoms with Gasteiger partial charge in [-0.2, -0.15) is 5.10 Å². The van der Waals surface area contributed by atoms with E-state index in [0.717, 1.165) is 5.69 Å². The molecular weight excluding hydrogens is 282 g/mol. The normalized spacial score (nSPS) is 16.8. The van der Waals surface area contributed by atoms with Crippen LogP contribution in [0.1, 0.15) is 0 Å². The van der Waals surface area contributed by atoms with Gasteiger partial charge in [-0.3, -0.25) is 14.5 Å². The van der Waals surface area contributed by atoms with Crippen LogP contribution in [-0.2, 0) is 11.8 Å². The quantitative estimate of drug-likeness (QED) is 0.626. The molecule has 1 fully saturated rings. The molecule has 1 aromatic heterocycles. The highest BCUT2D eigenvalue weighted by Crippen LogP contribution is 2.15. The zero-order chi connectivity index (χ0) is 15.4. The van der Waals surface area contributed by atoms with Gasteiger partial charge >= 0.3 is 0 Å². The molecule has 116 valence electrons. The predicted octanol–water partition coefficient (Wildman–Crippen LogP) is -0.0908. The Morgan fingerprint density at radius 1 is 1.52 bits per heavy atom. The van der Waals surface area contributed by atoms with Crippen molar-refractivity contribution < 1.29 is 13.6 Å². The van der Waals surface area contributed by atoms with E-state index < -0.39 is 13.0 Å². The molecule has 1 N–H and O–H groups in total. The number of anilines is 1. The van der Waals surface area contributed by atoms with Gasteiger partial charge < -0.3 is 15.1 Å². The van der Waals surface area contributed by atoms with Crippen molar-refractivity contribution >= 4 is 17.6 Å². The number of rotatable bonds is 3. The number of alkyl halides is 2. The van der Waals surface area contributed by atoms with Gasteiger partial charge in [0.15, 0.2) is 5.96 Å². The number of piperazine rings is 1. The number of aryl methyl sites for hydroxylation is 1. The Hall–Kier alpha value is -2.19. The molecule has 1 aromatic rings. The summed E-state index contributed by atoms with van der Waals surface area (Å²) < 4.78 is 26.1. The van der Waals surface area contributed by atoms with Gasteiger partial charge in [-0.05, 0) is 0 Å². The molecule has 9 heteroatoms. The van der Waals surface area contributed by atoms with E-state index in [1.165, 1.54) is 7.05 Å². The van der Waals surface area contributed by atoms with E-state index in [2.05, 4.69) is 15.4 Å². The number of guanidine groups is 1. The number of nitrogens with one attached hydrogen (secondary N) is 1. The van der Waals surface area contributed by atoms with Crippen LogP contribution in [0.5, 0.6) is 0 Å². The lowest BCUT2D eigenvalue weighted by atomic mass is 10.3. The molecule has 0 radical (unpaired) electrons. The molecule has 0 aliphatic carbocycles. The number of carbonyl (C=O) groups excluding carboxylic acids is 1. The van der Waals surface area contributed by atoms with Crippen LogP contribution in [0.3, 0.4) is 0 Å². The van der Waals surface area contributed by atoms with Crippen LogP contribution in [0.4, 0.5) is 14.5 Å². The molecule has 21 heavy (non-hydrogen) atoms. The van der Waals surface area contributed by atoms with E-state index >= 15 is 0 Å². The lowest BCUT2D eigenvalue weighted by Gasteiger charge is -2.35. The highest BCUT2D eigenvalue weighted by Gasteiger charge is 2.27. The molecule has 0 saturated carbocycles. The van der Waals surface area contributed by atoms with E-state index in [0.29, 0.717) is 19.0 Å². The van der Waals surface area contributed by atoms with Crippen molar-refractivity contribution in [3.63, 3.8) is 0 Å². The number of nitrogens with zero attached hydrogens (tertiary/aromatic N) is 5. The van der Waals surface area contributed by atoms with Crippen LogP contribution >= 0.6 is 0 Å². The fraction of sp³-hybridized carbons (Fsp3) is 0.583. The standard InChI is InChI=1S/C12H18F2N6O/c1-15-12(16-6-10(13)14)19-3-4-20(11(21)8-19)9-5-17-18(2)7-9/h5,7,10H,3-4,6,8H2,1-2H3,(H,15,16). The number of carbonyl (C=O) groups is 1. The third kappa shape index (κ3) is 3.67. The number of amides is 1. The molecular formula is C12H18F2N6O. The first-order valence-electron chi connectivity index (χ1n) is 6.54. The van der Waals surface area contributed by atoms with Crippen LogP contribution in [0.25, 0.3) is 0 Å². The van der Waals surface area contributed by atoms with Crippen molar-refractivity contribution in [1.29, 1.82) is 0 Å². The van der Waals surface area contributed by atoms with E-state index in [1.54, 1.807) is 33.9 Å². The summed E-state index contributed by atoms with van der Waals surface area (Å²) in [5.74, 6) is 0.198. The molecule has 1 saturated heterocycles. The summed E-state index contributed by atoms with van der Waals surface area (Å²) in [5, 5.41) is 6.59. The summed E-state index contributed by atoms with van der Waals surface area (Å²) >= 11 is 0. The zero-order valence-electron chi connectivity index (χ0n) is 12.0. The summed E-state index contributed by atoms with van der Waals surface area (Å²) in [6, 6.07) is 0. The summed E-state index contributed by atoms with van der Waals surface area (Å²) in [7, 11) is 3.28. The van der Waals surface area contributed by atoms with Crippen molar-refractivity contribution in [2.24, 2.45) is 12.0 Å². The van der Waals surface area contributed by atoms with Crippen LogP contribution in [-0.4, -0.2) is 66.2 Å². The first-order chi connectivity index (χ1) is 10.0. The van der Waals surface area contributed by atoms with Gasteiger partial charge in [0.1, 0.15) is 6.54 Å². The summed E-state index contributed by atoms with van der Waals surface area (Å²) in [6.45, 7) is 0.588. The van der Waals surface area contributed by atoms with Gasteiger partial charge in [0.25, 0.3) is 6.43 Å².